The molecule has 0 aliphatic heterocycles. The molecule has 0 fully saturated rings. The maximum absolute atomic E-state index is 12.2. The highest BCUT2D eigenvalue weighted by Crippen LogP contribution is 2.26. The van der Waals surface area contributed by atoms with Gasteiger partial charge in [-0.25, -0.2) is 13.5 Å². The van der Waals surface area contributed by atoms with E-state index in [1.807, 2.05) is 0 Å². The molecule has 7 heteroatoms. The fraction of sp³-hybridized carbons (Fsp3) is 0.200. The summed E-state index contributed by atoms with van der Waals surface area (Å²) in [5.74, 6) is 0.0684. The molecule has 1 N–H and O–H groups in total. The maximum Gasteiger partial charge on any atom is 0.284 e. The molecular formula is C10H10N2O3S2. The fourth-order valence-electron chi connectivity index (χ4n) is 1.36. The summed E-state index contributed by atoms with van der Waals surface area (Å²) in [6, 6.07) is 8.16. The van der Waals surface area contributed by atoms with Crippen molar-refractivity contribution >= 4 is 22.1 Å². The van der Waals surface area contributed by atoms with Gasteiger partial charge < -0.3 is 4.42 Å². The van der Waals surface area contributed by atoms with Crippen molar-refractivity contribution in [2.75, 3.05) is 0 Å². The first-order valence-corrected chi connectivity index (χ1v) is 6.81. The summed E-state index contributed by atoms with van der Waals surface area (Å²) in [6.07, 6.45) is 0. The van der Waals surface area contributed by atoms with Crippen LogP contribution in [0, 0.1) is 4.84 Å². The molecule has 17 heavy (non-hydrogen) atoms. The summed E-state index contributed by atoms with van der Waals surface area (Å²) in [5.41, 5.74) is 0. The standard InChI is InChI=1S/C10H10N2O3S2/c1-7(9-11-12-10(16)15-9)17(13,14)8-5-3-2-4-6-8/h2-7H,1H3,(H,12,16). The molecule has 0 saturated heterocycles. The van der Waals surface area contributed by atoms with Gasteiger partial charge in [0, 0.05) is 0 Å². The molecule has 0 radical (unpaired) electrons. The van der Waals surface area contributed by atoms with Crippen molar-refractivity contribution in [3.05, 3.63) is 41.1 Å². The van der Waals surface area contributed by atoms with Crippen molar-refractivity contribution in [3.63, 3.8) is 0 Å². The molecule has 0 amide bonds. The molecule has 0 bridgehead atoms. The van der Waals surface area contributed by atoms with Gasteiger partial charge in [0.25, 0.3) is 4.84 Å². The normalized spacial score (nSPS) is 13.5. The van der Waals surface area contributed by atoms with Crippen LogP contribution in [0.2, 0.25) is 0 Å². The lowest BCUT2D eigenvalue weighted by Gasteiger charge is -2.08. The van der Waals surface area contributed by atoms with Crippen LogP contribution >= 0.6 is 12.2 Å². The van der Waals surface area contributed by atoms with Crippen molar-refractivity contribution in [1.82, 2.24) is 10.2 Å². The van der Waals surface area contributed by atoms with E-state index < -0.39 is 15.1 Å². The van der Waals surface area contributed by atoms with Crippen LogP contribution in [0.4, 0.5) is 0 Å². The van der Waals surface area contributed by atoms with E-state index >= 15 is 0 Å². The first kappa shape index (κ1) is 12.0. The Bertz CT molecular complexity index is 658. The molecule has 2 aromatic rings. The minimum Gasteiger partial charge on any atom is -0.413 e. The zero-order valence-corrected chi connectivity index (χ0v) is 10.6. The molecule has 0 aliphatic carbocycles. The molecule has 5 nitrogen and oxygen atoms in total. The number of nitrogens with one attached hydrogen (secondary N) is 1. The van der Waals surface area contributed by atoms with Crippen LogP contribution in [-0.2, 0) is 9.84 Å². The van der Waals surface area contributed by atoms with Crippen LogP contribution in [-0.4, -0.2) is 18.6 Å². The van der Waals surface area contributed by atoms with Crippen LogP contribution in [0.25, 0.3) is 0 Å². The minimum atomic E-state index is -3.50. The van der Waals surface area contributed by atoms with Gasteiger partial charge in [0.2, 0.25) is 5.89 Å². The van der Waals surface area contributed by atoms with E-state index in [0.29, 0.717) is 0 Å². The highest BCUT2D eigenvalue weighted by molar-refractivity contribution is 7.91. The topological polar surface area (TPSA) is 76.0 Å². The number of aromatic amines is 1. The van der Waals surface area contributed by atoms with E-state index in [2.05, 4.69) is 10.2 Å². The van der Waals surface area contributed by atoms with E-state index in [1.165, 1.54) is 19.1 Å². The number of sulfone groups is 1. The lowest BCUT2D eigenvalue weighted by atomic mass is 10.4. The Hall–Kier alpha value is -1.47. The molecule has 1 heterocycles. The molecule has 1 atom stereocenters. The Kier molecular flexibility index (Phi) is 3.12. The summed E-state index contributed by atoms with van der Waals surface area (Å²) in [5, 5.41) is 5.26. The van der Waals surface area contributed by atoms with Crippen molar-refractivity contribution in [3.8, 4) is 0 Å². The number of benzene rings is 1. The number of rotatable bonds is 3. The molecule has 0 spiro atoms. The van der Waals surface area contributed by atoms with Gasteiger partial charge in [0.1, 0.15) is 5.25 Å². The van der Waals surface area contributed by atoms with Crippen LogP contribution < -0.4 is 0 Å². The third-order valence-corrected chi connectivity index (χ3v) is 4.58. The van der Waals surface area contributed by atoms with Crippen LogP contribution in [0.5, 0.6) is 0 Å². The monoisotopic (exact) mass is 270 g/mol. The van der Waals surface area contributed by atoms with Crippen molar-refractivity contribution < 1.29 is 12.8 Å². The first-order chi connectivity index (χ1) is 8.01. The highest BCUT2D eigenvalue weighted by Gasteiger charge is 2.28. The van der Waals surface area contributed by atoms with Gasteiger partial charge in [-0.15, -0.1) is 5.10 Å². The van der Waals surface area contributed by atoms with E-state index in [-0.39, 0.29) is 15.6 Å². The zero-order chi connectivity index (χ0) is 12.5. The first-order valence-electron chi connectivity index (χ1n) is 4.86. The van der Waals surface area contributed by atoms with Gasteiger partial charge in [-0.2, -0.15) is 0 Å². The second kappa shape index (κ2) is 4.42. The zero-order valence-electron chi connectivity index (χ0n) is 8.95. The summed E-state index contributed by atoms with van der Waals surface area (Å²) < 4.78 is 29.4. The van der Waals surface area contributed by atoms with Crippen LogP contribution in [0.1, 0.15) is 18.1 Å². The van der Waals surface area contributed by atoms with E-state index in [9.17, 15) is 8.42 Å². The smallest absolute Gasteiger partial charge is 0.284 e. The Morgan fingerprint density at radius 2 is 2.00 bits per heavy atom. The van der Waals surface area contributed by atoms with Gasteiger partial charge in [-0.1, -0.05) is 18.2 Å². The third-order valence-electron chi connectivity index (χ3n) is 2.34. The van der Waals surface area contributed by atoms with Gasteiger partial charge in [-0.3, -0.25) is 0 Å². The number of aromatic nitrogens is 2. The minimum absolute atomic E-state index is 0.0649. The largest absolute Gasteiger partial charge is 0.413 e. The summed E-state index contributed by atoms with van der Waals surface area (Å²) in [7, 11) is -3.50. The van der Waals surface area contributed by atoms with Gasteiger partial charge in [0.15, 0.2) is 9.84 Å². The summed E-state index contributed by atoms with van der Waals surface area (Å²) in [4.78, 5) is 0.298. The lowest BCUT2D eigenvalue weighted by Crippen LogP contribution is -2.11. The molecule has 2 rings (SSSR count). The van der Waals surface area contributed by atoms with Crippen molar-refractivity contribution in [1.29, 1.82) is 0 Å². The summed E-state index contributed by atoms with van der Waals surface area (Å²) >= 11 is 4.71. The quantitative estimate of drug-likeness (QED) is 0.866. The van der Waals surface area contributed by atoms with Crippen molar-refractivity contribution in [2.24, 2.45) is 0 Å². The Balaban J connectivity index is 2.44. The molecule has 1 unspecified atom stereocenters. The maximum atomic E-state index is 12.2. The van der Waals surface area contributed by atoms with Crippen LogP contribution in [0.15, 0.2) is 39.6 Å². The van der Waals surface area contributed by atoms with Gasteiger partial charge in [-0.05, 0) is 31.3 Å². The average molecular weight is 270 g/mol. The second-order valence-corrected chi connectivity index (χ2v) is 6.09. The molecule has 90 valence electrons. The summed E-state index contributed by atoms with van der Waals surface area (Å²) in [6.45, 7) is 1.51. The number of hydrogen-bond acceptors (Lipinski definition) is 5. The molecule has 0 saturated carbocycles. The fourth-order valence-corrected chi connectivity index (χ4v) is 2.80. The van der Waals surface area contributed by atoms with Crippen LogP contribution in [0.3, 0.4) is 0 Å². The second-order valence-electron chi connectivity index (χ2n) is 3.45. The predicted molar refractivity (Wildman–Crippen MR) is 63.7 cm³/mol. The number of hydrogen-bond donors (Lipinski definition) is 1. The lowest BCUT2D eigenvalue weighted by molar-refractivity contribution is 0.473. The van der Waals surface area contributed by atoms with Gasteiger partial charge in [0.05, 0.1) is 4.90 Å². The van der Waals surface area contributed by atoms with E-state index in [1.54, 1.807) is 18.2 Å². The molecule has 1 aromatic carbocycles. The SMILES string of the molecule is CC(c1n[nH]c(=S)o1)S(=O)(=O)c1ccccc1. The highest BCUT2D eigenvalue weighted by atomic mass is 32.2. The number of H-pyrrole nitrogens is 1. The predicted octanol–water partition coefficient (Wildman–Crippen LogP) is 2.27. The Morgan fingerprint density at radius 3 is 2.53 bits per heavy atom. The molecule has 1 aromatic heterocycles. The van der Waals surface area contributed by atoms with Crippen molar-refractivity contribution in [2.45, 2.75) is 17.1 Å². The van der Waals surface area contributed by atoms with E-state index in [4.69, 9.17) is 16.6 Å². The average Bonchev–Trinajstić information content (AvgIpc) is 2.76. The third kappa shape index (κ3) is 2.29. The molecule has 0 aliphatic rings. The Labute approximate surface area is 103 Å². The molecular weight excluding hydrogens is 260 g/mol. The number of nitrogens with zero attached hydrogens (tertiary/aromatic N) is 1. The van der Waals surface area contributed by atoms with Gasteiger partial charge >= 0.3 is 0 Å². The van der Waals surface area contributed by atoms with E-state index in [0.717, 1.165) is 0 Å². The Morgan fingerprint density at radius 1 is 1.35 bits per heavy atom.